The highest BCUT2D eigenvalue weighted by atomic mass is 16.7. The first-order chi connectivity index (χ1) is 36.1. The van der Waals surface area contributed by atoms with Crippen molar-refractivity contribution in [1.82, 2.24) is 0 Å². The van der Waals surface area contributed by atoms with Gasteiger partial charge in [0, 0.05) is 12.8 Å². The number of allylic oxidation sites excluding steroid dienone is 4. The van der Waals surface area contributed by atoms with Gasteiger partial charge in [0.15, 0.2) is 12.4 Å². The number of hydrogen-bond donors (Lipinski definition) is 0. The molecule has 0 saturated heterocycles. The number of rotatable bonds is 60. The van der Waals surface area contributed by atoms with Crippen LogP contribution in [-0.2, 0) is 33.3 Å². The van der Waals surface area contributed by atoms with Crippen molar-refractivity contribution >= 4 is 17.9 Å². The van der Waals surface area contributed by atoms with Gasteiger partial charge in [0.25, 0.3) is 0 Å². The van der Waals surface area contributed by atoms with Crippen molar-refractivity contribution in [3.8, 4) is 0 Å². The molecule has 0 saturated carbocycles. The minimum absolute atomic E-state index is 0.152. The van der Waals surface area contributed by atoms with Crippen LogP contribution in [0, 0.1) is 0 Å². The molecule has 0 aromatic heterocycles. The van der Waals surface area contributed by atoms with Gasteiger partial charge in [-0.3, -0.25) is 9.59 Å². The fourth-order valence-electron chi connectivity index (χ4n) is 9.51. The summed E-state index contributed by atoms with van der Waals surface area (Å²) in [5.74, 6) is -2.26. The second-order valence-corrected chi connectivity index (χ2v) is 23.1. The van der Waals surface area contributed by atoms with Crippen LogP contribution < -0.4 is 5.11 Å². The fraction of sp³-hybridized carbons (Fsp3) is 0.892. The lowest BCUT2D eigenvalue weighted by Gasteiger charge is -2.26. The zero-order valence-corrected chi connectivity index (χ0v) is 49.7. The quantitative estimate of drug-likeness (QED) is 0.0195. The van der Waals surface area contributed by atoms with Crippen LogP contribution in [-0.4, -0.2) is 82.3 Å². The van der Waals surface area contributed by atoms with Gasteiger partial charge in [0.2, 0.25) is 0 Å². The normalized spacial score (nSPS) is 12.8. The van der Waals surface area contributed by atoms with Gasteiger partial charge in [-0.2, -0.15) is 0 Å². The minimum atomic E-state index is -1.62. The lowest BCUT2D eigenvalue weighted by Crippen LogP contribution is -2.44. The van der Waals surface area contributed by atoms with Crippen LogP contribution in [0.4, 0.5) is 0 Å². The Morgan fingerprint density at radius 3 is 1.07 bits per heavy atom. The van der Waals surface area contributed by atoms with Crippen molar-refractivity contribution in [3.63, 3.8) is 0 Å². The number of ether oxygens (including phenoxy) is 4. The van der Waals surface area contributed by atoms with Gasteiger partial charge in [-0.1, -0.05) is 282 Å². The molecule has 0 amide bonds. The monoisotopic (exact) mass is 1050 g/mol. The maximum absolute atomic E-state index is 12.9. The van der Waals surface area contributed by atoms with Crippen molar-refractivity contribution in [2.24, 2.45) is 0 Å². The largest absolute Gasteiger partial charge is 0.545 e. The molecule has 2 atom stereocenters. The molecule has 0 aliphatic heterocycles. The summed E-state index contributed by atoms with van der Waals surface area (Å²) in [5, 5.41) is 11.8. The predicted octanol–water partition coefficient (Wildman–Crippen LogP) is 17.7. The van der Waals surface area contributed by atoms with E-state index in [1.807, 2.05) is 21.1 Å². The van der Waals surface area contributed by atoms with E-state index in [1.165, 1.54) is 244 Å². The summed E-state index contributed by atoms with van der Waals surface area (Å²) in [5.41, 5.74) is 0. The number of carbonyl (C=O) groups is 3. The van der Waals surface area contributed by atoms with Gasteiger partial charge in [-0.25, -0.2) is 0 Å². The molecular formula is C65H123NO8. The number of likely N-dealkylation sites (N-methyl/N-ethyl adjacent to an activating group) is 1. The molecule has 74 heavy (non-hydrogen) atoms. The molecule has 9 nitrogen and oxygen atoms in total. The molecule has 9 heteroatoms. The number of aliphatic carboxylic acids is 1. The van der Waals surface area contributed by atoms with Gasteiger partial charge in [-0.05, 0) is 44.9 Å². The topological polar surface area (TPSA) is 111 Å². The summed E-state index contributed by atoms with van der Waals surface area (Å²) >= 11 is 0. The summed E-state index contributed by atoms with van der Waals surface area (Å²) in [6, 6.07) is 0. The first kappa shape index (κ1) is 71.8. The Morgan fingerprint density at radius 2 is 0.730 bits per heavy atom. The predicted molar refractivity (Wildman–Crippen MR) is 311 cm³/mol. The lowest BCUT2D eigenvalue weighted by molar-refractivity contribution is -0.870. The maximum Gasteiger partial charge on any atom is 0.306 e. The van der Waals surface area contributed by atoms with Gasteiger partial charge >= 0.3 is 11.9 Å². The van der Waals surface area contributed by atoms with E-state index < -0.39 is 24.3 Å². The highest BCUT2D eigenvalue weighted by molar-refractivity contribution is 5.70. The number of esters is 2. The summed E-state index contributed by atoms with van der Waals surface area (Å²) in [6.45, 7) is 4.79. The van der Waals surface area contributed by atoms with Crippen molar-refractivity contribution in [2.75, 3.05) is 47.5 Å². The van der Waals surface area contributed by atoms with Gasteiger partial charge < -0.3 is 33.3 Å². The van der Waals surface area contributed by atoms with Gasteiger partial charge in [-0.15, -0.1) is 0 Å². The third kappa shape index (κ3) is 57.5. The minimum Gasteiger partial charge on any atom is -0.545 e. The second kappa shape index (κ2) is 57.0. The average molecular weight is 1050 g/mol. The molecule has 0 fully saturated rings. The third-order valence-electron chi connectivity index (χ3n) is 14.5. The smallest absolute Gasteiger partial charge is 0.306 e. The van der Waals surface area contributed by atoms with Crippen LogP contribution in [0.25, 0.3) is 0 Å². The molecule has 0 N–H and O–H groups in total. The number of carboxylic acids is 1. The van der Waals surface area contributed by atoms with E-state index in [-0.39, 0.29) is 32.2 Å². The highest BCUT2D eigenvalue weighted by Crippen LogP contribution is 2.18. The Balaban J connectivity index is 4.04. The molecule has 0 spiro atoms. The molecule has 436 valence electrons. The van der Waals surface area contributed by atoms with E-state index in [0.717, 1.165) is 44.9 Å². The van der Waals surface area contributed by atoms with Gasteiger partial charge in [0.1, 0.15) is 13.2 Å². The van der Waals surface area contributed by atoms with E-state index in [0.29, 0.717) is 17.4 Å². The molecule has 0 aliphatic carbocycles. The van der Waals surface area contributed by atoms with Crippen molar-refractivity contribution in [2.45, 2.75) is 328 Å². The molecule has 2 unspecified atom stereocenters. The van der Waals surface area contributed by atoms with E-state index in [2.05, 4.69) is 38.2 Å². The van der Waals surface area contributed by atoms with Crippen LogP contribution in [0.15, 0.2) is 24.3 Å². The molecule has 0 aromatic carbocycles. The number of quaternary nitrogens is 1. The second-order valence-electron chi connectivity index (χ2n) is 23.1. The molecule has 0 heterocycles. The van der Waals surface area contributed by atoms with Crippen LogP contribution in [0.5, 0.6) is 0 Å². The Hall–Kier alpha value is -2.23. The standard InChI is InChI=1S/C65H123NO8/c1-6-8-10-12-14-16-18-20-22-24-25-26-27-28-29-30-31-32-33-34-35-36-37-38-39-40-42-44-46-48-50-52-54-56-63(68)74-61(60-73-65(64(69)70)71-58-57-66(3,4)5)59-72-62(67)55-53-51-49-47-45-43-41-23-21-19-17-15-13-11-9-7-2/h18,20,24-25,61,65H,6-17,19,21-23,26-60H2,1-5H3/b20-18-,25-24-. The Bertz CT molecular complexity index is 1260. The third-order valence-corrected chi connectivity index (χ3v) is 14.5. The SMILES string of the molecule is CCCCCCC/C=C\C/C=C\CCCCCCCCCCCCCCCCCCCCCCCC(=O)OC(COC(=O)CCCCCCCCCCCCCCCCCC)COC(OCC[N+](C)(C)C)C(=O)[O-]. The molecule has 0 radical (unpaired) electrons. The summed E-state index contributed by atoms with van der Waals surface area (Å²) in [6.07, 6.45) is 65.3. The van der Waals surface area contributed by atoms with Crippen molar-refractivity contribution in [3.05, 3.63) is 24.3 Å². The number of nitrogens with zero attached hydrogens (tertiary/aromatic N) is 1. The number of carbonyl (C=O) groups excluding carboxylic acids is 3. The molecule has 0 aliphatic rings. The van der Waals surface area contributed by atoms with Crippen molar-refractivity contribution in [1.29, 1.82) is 0 Å². The van der Waals surface area contributed by atoms with E-state index in [1.54, 1.807) is 0 Å². The molecular weight excluding hydrogens is 923 g/mol. The van der Waals surface area contributed by atoms with Crippen LogP contribution >= 0.6 is 0 Å². The number of unbranched alkanes of at least 4 members (excludes halogenated alkanes) is 41. The Labute approximate surface area is 458 Å². The first-order valence-electron chi connectivity index (χ1n) is 32.0. The van der Waals surface area contributed by atoms with Crippen LogP contribution in [0.1, 0.15) is 316 Å². The first-order valence-corrected chi connectivity index (χ1v) is 32.0. The molecule has 0 rings (SSSR count). The summed E-state index contributed by atoms with van der Waals surface area (Å²) in [7, 11) is 5.94. The summed E-state index contributed by atoms with van der Waals surface area (Å²) in [4.78, 5) is 37.3. The van der Waals surface area contributed by atoms with Crippen molar-refractivity contribution < 1.29 is 42.9 Å². The number of hydrogen-bond acceptors (Lipinski definition) is 8. The zero-order valence-electron chi connectivity index (χ0n) is 49.7. The molecule has 0 aromatic rings. The fourth-order valence-corrected chi connectivity index (χ4v) is 9.51. The zero-order chi connectivity index (χ0) is 54.1. The lowest BCUT2D eigenvalue weighted by atomic mass is 10.0. The molecule has 0 bridgehead atoms. The van der Waals surface area contributed by atoms with Crippen LogP contribution in [0.3, 0.4) is 0 Å². The van der Waals surface area contributed by atoms with E-state index >= 15 is 0 Å². The van der Waals surface area contributed by atoms with E-state index in [4.69, 9.17) is 18.9 Å². The Kier molecular flexibility index (Phi) is 55.2. The van der Waals surface area contributed by atoms with Crippen LogP contribution in [0.2, 0.25) is 0 Å². The Morgan fingerprint density at radius 1 is 0.405 bits per heavy atom. The van der Waals surface area contributed by atoms with E-state index in [9.17, 15) is 19.5 Å². The van der Waals surface area contributed by atoms with Gasteiger partial charge in [0.05, 0.1) is 40.3 Å². The maximum atomic E-state index is 12.9. The number of carboxylic acid groups (broad SMARTS) is 1. The summed E-state index contributed by atoms with van der Waals surface area (Å²) < 4.78 is 22.7. The average Bonchev–Trinajstić information content (AvgIpc) is 3.37. The highest BCUT2D eigenvalue weighted by Gasteiger charge is 2.22.